The molecule has 3 N–H and O–H groups in total. The summed E-state index contributed by atoms with van der Waals surface area (Å²) in [6.07, 6.45) is 2.30. The fraction of sp³-hybridized carbons (Fsp3) is 0.444. The van der Waals surface area contributed by atoms with Gasteiger partial charge >= 0.3 is 5.92 Å². The molecule has 0 radical (unpaired) electrons. The average molecular weight is 407 g/mol. The topological polar surface area (TPSA) is 95.1 Å². The second-order valence-corrected chi connectivity index (χ2v) is 7.12. The van der Waals surface area contributed by atoms with Crippen molar-refractivity contribution in [2.75, 3.05) is 35.8 Å². The summed E-state index contributed by atoms with van der Waals surface area (Å²) in [6.45, 7) is 0.903. The molecule has 2 aromatic rings. The minimum Gasteiger partial charge on any atom is -0.351 e. The summed E-state index contributed by atoms with van der Waals surface area (Å²) >= 11 is 0. The van der Waals surface area contributed by atoms with Gasteiger partial charge in [0.2, 0.25) is 11.9 Å². The van der Waals surface area contributed by atoms with E-state index in [1.165, 1.54) is 12.4 Å². The molecule has 0 spiro atoms. The Bertz CT molecular complexity index is 903. The monoisotopic (exact) mass is 407 g/mol. The van der Waals surface area contributed by atoms with Gasteiger partial charge < -0.3 is 16.0 Å². The minimum atomic E-state index is -3.41. The van der Waals surface area contributed by atoms with Crippen LogP contribution in [0, 0.1) is 0 Å². The molecule has 0 aliphatic carbocycles. The van der Waals surface area contributed by atoms with Crippen LogP contribution in [0.15, 0.2) is 24.5 Å². The summed E-state index contributed by atoms with van der Waals surface area (Å²) in [5.41, 5.74) is 1.23. The Morgan fingerprint density at radius 1 is 1.21 bits per heavy atom. The highest BCUT2D eigenvalue weighted by molar-refractivity contribution is 5.99. The lowest BCUT2D eigenvalue weighted by Crippen LogP contribution is -2.40. The smallest absolute Gasteiger partial charge is 0.328 e. The lowest BCUT2D eigenvalue weighted by molar-refractivity contribution is -0.140. The molecule has 3 heterocycles. The van der Waals surface area contributed by atoms with Crippen molar-refractivity contribution in [3.05, 3.63) is 30.1 Å². The van der Waals surface area contributed by atoms with Crippen molar-refractivity contribution in [2.45, 2.75) is 31.2 Å². The van der Waals surface area contributed by atoms with Crippen molar-refractivity contribution in [3.8, 4) is 0 Å². The molecule has 8 nitrogen and oxygen atoms in total. The molecular formula is C18H20F3N7O. The SMILES string of the molecule is O=C1Nc2cc(Nc3ncnc(NC4CCN(CF)CC4)n3)ccc2CC1(F)F. The minimum absolute atomic E-state index is 0.147. The Hall–Kier alpha value is -2.95. The van der Waals surface area contributed by atoms with Crippen molar-refractivity contribution < 1.29 is 18.0 Å². The number of alkyl halides is 3. The average Bonchev–Trinajstić information content (AvgIpc) is 2.70. The van der Waals surface area contributed by atoms with Gasteiger partial charge in [0.25, 0.3) is 5.91 Å². The van der Waals surface area contributed by atoms with Crippen LogP contribution in [0.25, 0.3) is 0 Å². The number of nitrogens with one attached hydrogen (secondary N) is 3. The molecule has 0 unspecified atom stereocenters. The van der Waals surface area contributed by atoms with Gasteiger partial charge in [-0.05, 0) is 30.5 Å². The van der Waals surface area contributed by atoms with Crippen LogP contribution in [0.4, 0.5) is 36.4 Å². The van der Waals surface area contributed by atoms with Crippen LogP contribution in [0.5, 0.6) is 0 Å². The van der Waals surface area contributed by atoms with E-state index in [0.717, 1.165) is 12.8 Å². The molecule has 1 aromatic carbocycles. The Balaban J connectivity index is 1.42. The van der Waals surface area contributed by atoms with Gasteiger partial charge in [0.15, 0.2) is 0 Å². The van der Waals surface area contributed by atoms with Crippen LogP contribution in [0.2, 0.25) is 0 Å². The maximum atomic E-state index is 13.5. The molecule has 154 valence electrons. The lowest BCUT2D eigenvalue weighted by Gasteiger charge is -2.30. The maximum Gasteiger partial charge on any atom is 0.328 e. The van der Waals surface area contributed by atoms with Crippen LogP contribution in [-0.2, 0) is 11.2 Å². The number of fused-ring (bicyclic) bond motifs is 1. The molecule has 2 aliphatic heterocycles. The second kappa shape index (κ2) is 7.82. The first kappa shape index (κ1) is 19.4. The third-order valence-corrected chi connectivity index (χ3v) is 5.02. The number of likely N-dealkylation sites (tertiary alicyclic amines) is 1. The zero-order chi connectivity index (χ0) is 20.4. The first-order valence-corrected chi connectivity index (χ1v) is 9.26. The fourth-order valence-corrected chi connectivity index (χ4v) is 3.39. The van der Waals surface area contributed by atoms with E-state index in [9.17, 15) is 18.0 Å². The second-order valence-electron chi connectivity index (χ2n) is 7.12. The predicted molar refractivity (Wildman–Crippen MR) is 101 cm³/mol. The van der Waals surface area contributed by atoms with E-state index in [2.05, 4.69) is 30.9 Å². The highest BCUT2D eigenvalue weighted by Crippen LogP contribution is 2.33. The van der Waals surface area contributed by atoms with E-state index in [4.69, 9.17) is 0 Å². The van der Waals surface area contributed by atoms with Gasteiger partial charge in [0, 0.05) is 36.9 Å². The summed E-state index contributed by atoms with van der Waals surface area (Å²) in [4.78, 5) is 25.7. The molecule has 0 atom stereocenters. The van der Waals surface area contributed by atoms with Gasteiger partial charge in [-0.2, -0.15) is 13.8 Å². The Morgan fingerprint density at radius 3 is 2.72 bits per heavy atom. The van der Waals surface area contributed by atoms with Crippen LogP contribution < -0.4 is 16.0 Å². The van der Waals surface area contributed by atoms with Crippen molar-refractivity contribution in [1.29, 1.82) is 0 Å². The van der Waals surface area contributed by atoms with E-state index in [1.54, 1.807) is 17.0 Å². The number of amides is 1. The summed E-state index contributed by atoms with van der Waals surface area (Å²) in [5.74, 6) is -4.05. The predicted octanol–water partition coefficient (Wildman–Crippen LogP) is 2.55. The van der Waals surface area contributed by atoms with Gasteiger partial charge in [0.1, 0.15) is 13.1 Å². The van der Waals surface area contributed by atoms with Crippen LogP contribution in [0.3, 0.4) is 0 Å². The standard InChI is InChI=1S/C18H20F3N7O/c19-9-28-5-3-12(4-6-28)24-16-22-10-23-17(27-16)25-13-2-1-11-8-18(20,21)15(29)26-14(11)7-13/h1-2,7,10,12H,3-6,8-9H2,(H,26,29)(H2,22,23,24,25,27). The number of anilines is 4. The molecule has 0 saturated carbocycles. The van der Waals surface area contributed by atoms with E-state index in [-0.39, 0.29) is 12.0 Å². The molecule has 0 bridgehead atoms. The largest absolute Gasteiger partial charge is 0.351 e. The van der Waals surface area contributed by atoms with Gasteiger partial charge in [-0.25, -0.2) is 14.4 Å². The molecule has 29 heavy (non-hydrogen) atoms. The summed E-state index contributed by atoms with van der Waals surface area (Å²) in [7, 11) is 0. The van der Waals surface area contributed by atoms with E-state index in [0.29, 0.717) is 36.0 Å². The normalized spacial score (nSPS) is 19.3. The van der Waals surface area contributed by atoms with Crippen LogP contribution >= 0.6 is 0 Å². The fourth-order valence-electron chi connectivity index (χ4n) is 3.39. The first-order valence-electron chi connectivity index (χ1n) is 9.26. The Kier molecular flexibility index (Phi) is 5.22. The van der Waals surface area contributed by atoms with Crippen molar-refractivity contribution >= 4 is 29.2 Å². The summed E-state index contributed by atoms with van der Waals surface area (Å²) in [6, 6.07) is 4.86. The van der Waals surface area contributed by atoms with Gasteiger partial charge in [0.05, 0.1) is 0 Å². The number of rotatable bonds is 5. The number of carbonyl (C=O) groups is 1. The van der Waals surface area contributed by atoms with Gasteiger partial charge in [-0.15, -0.1) is 0 Å². The number of nitrogens with zero attached hydrogens (tertiary/aromatic N) is 4. The summed E-state index contributed by atoms with van der Waals surface area (Å²) in [5, 5.41) is 8.43. The molecule has 1 aromatic heterocycles. The Labute approximate surface area is 164 Å². The van der Waals surface area contributed by atoms with Crippen LogP contribution in [-0.4, -0.2) is 57.6 Å². The number of carbonyl (C=O) groups excluding carboxylic acids is 1. The number of hydrogen-bond acceptors (Lipinski definition) is 7. The zero-order valence-corrected chi connectivity index (χ0v) is 15.5. The zero-order valence-electron chi connectivity index (χ0n) is 15.5. The van der Waals surface area contributed by atoms with Gasteiger partial charge in [-0.3, -0.25) is 9.69 Å². The van der Waals surface area contributed by atoms with Crippen molar-refractivity contribution in [3.63, 3.8) is 0 Å². The first-order chi connectivity index (χ1) is 13.9. The third-order valence-electron chi connectivity index (χ3n) is 5.02. The Morgan fingerprint density at radius 2 is 1.97 bits per heavy atom. The molecule has 1 saturated heterocycles. The molecule has 2 aliphatic rings. The molecular weight excluding hydrogens is 387 g/mol. The van der Waals surface area contributed by atoms with E-state index in [1.807, 2.05) is 0 Å². The molecule has 4 rings (SSSR count). The molecule has 1 amide bonds. The van der Waals surface area contributed by atoms with Crippen LogP contribution in [0.1, 0.15) is 18.4 Å². The quantitative estimate of drug-likeness (QED) is 0.656. The van der Waals surface area contributed by atoms with Crippen molar-refractivity contribution in [1.82, 2.24) is 19.9 Å². The summed E-state index contributed by atoms with van der Waals surface area (Å²) < 4.78 is 39.7. The number of halogens is 3. The third kappa shape index (κ3) is 4.39. The number of aromatic nitrogens is 3. The van der Waals surface area contributed by atoms with Gasteiger partial charge in [-0.1, -0.05) is 6.07 Å². The number of hydrogen-bond donors (Lipinski definition) is 3. The highest BCUT2D eigenvalue weighted by Gasteiger charge is 2.43. The molecule has 1 fully saturated rings. The molecule has 11 heteroatoms. The van der Waals surface area contributed by atoms with E-state index >= 15 is 0 Å². The highest BCUT2D eigenvalue weighted by atomic mass is 19.3. The van der Waals surface area contributed by atoms with E-state index < -0.39 is 25.0 Å². The maximum absolute atomic E-state index is 13.5. The number of benzene rings is 1. The van der Waals surface area contributed by atoms with Crippen molar-refractivity contribution in [2.24, 2.45) is 0 Å². The lowest BCUT2D eigenvalue weighted by atomic mass is 10.00. The number of piperidine rings is 1.